The van der Waals surface area contributed by atoms with Crippen LogP contribution < -0.4 is 0 Å². The average Bonchev–Trinajstić information content (AvgIpc) is 2.87. The van der Waals surface area contributed by atoms with Gasteiger partial charge in [0.2, 0.25) is 5.91 Å². The zero-order valence-electron chi connectivity index (χ0n) is 13.7. The Morgan fingerprint density at radius 3 is 2.17 bits per heavy atom. The molecule has 7 heteroatoms. The number of carbonyl (C=O) groups excluding carboxylic acids is 1. The first-order valence-corrected chi connectivity index (χ1v) is 10.4. The van der Waals surface area contributed by atoms with E-state index < -0.39 is 15.8 Å². The molecule has 0 spiro atoms. The van der Waals surface area contributed by atoms with Gasteiger partial charge >= 0.3 is 5.97 Å². The second kappa shape index (κ2) is 7.64. The highest BCUT2D eigenvalue weighted by Gasteiger charge is 2.38. The summed E-state index contributed by atoms with van der Waals surface area (Å²) in [6.45, 7) is 2.65. The van der Waals surface area contributed by atoms with Crippen LogP contribution in [0.15, 0.2) is 0 Å². The molecule has 0 aromatic heterocycles. The van der Waals surface area contributed by atoms with Gasteiger partial charge < -0.3 is 10.0 Å². The normalized spacial score (nSPS) is 30.0. The fourth-order valence-corrected chi connectivity index (χ4v) is 5.37. The summed E-state index contributed by atoms with van der Waals surface area (Å²) < 4.78 is 23.5. The summed E-state index contributed by atoms with van der Waals surface area (Å²) in [7, 11) is -3.02. The summed E-state index contributed by atoms with van der Waals surface area (Å²) in [5, 5.41) is 9.06. The predicted molar refractivity (Wildman–Crippen MR) is 86.8 cm³/mol. The number of hydrogen-bond donors (Lipinski definition) is 1. The van der Waals surface area contributed by atoms with Gasteiger partial charge in [-0.2, -0.15) is 0 Å². The summed E-state index contributed by atoms with van der Waals surface area (Å²) in [4.78, 5) is 25.7. The molecule has 1 aliphatic heterocycles. The Morgan fingerprint density at radius 2 is 1.70 bits per heavy atom. The molecule has 23 heavy (non-hydrogen) atoms. The Morgan fingerprint density at radius 1 is 1.09 bits per heavy atom. The van der Waals surface area contributed by atoms with Crippen LogP contribution in [0.4, 0.5) is 0 Å². The van der Waals surface area contributed by atoms with E-state index in [1.165, 1.54) is 0 Å². The number of unbranched alkanes of at least 4 members (excludes halogenated alkanes) is 1. The molecule has 1 heterocycles. The number of carbonyl (C=O) groups is 2. The first-order chi connectivity index (χ1) is 10.8. The van der Waals surface area contributed by atoms with Crippen LogP contribution in [-0.2, 0) is 19.4 Å². The van der Waals surface area contributed by atoms with Crippen LogP contribution in [0.5, 0.6) is 0 Å². The molecule has 1 saturated heterocycles. The van der Waals surface area contributed by atoms with Gasteiger partial charge in [0.05, 0.1) is 17.4 Å². The molecular formula is C16H27NO5S. The third-order valence-corrected chi connectivity index (χ3v) is 6.86. The first kappa shape index (κ1) is 18.2. The van der Waals surface area contributed by atoms with Gasteiger partial charge in [-0.3, -0.25) is 9.59 Å². The highest BCUT2D eigenvalue weighted by Crippen LogP contribution is 2.31. The van der Waals surface area contributed by atoms with Crippen molar-refractivity contribution in [2.75, 3.05) is 18.1 Å². The fourth-order valence-electron chi connectivity index (χ4n) is 3.64. The fraction of sp³-hybridized carbons (Fsp3) is 0.875. The molecular weight excluding hydrogens is 318 g/mol. The second-order valence-corrected chi connectivity index (χ2v) is 9.06. The van der Waals surface area contributed by atoms with Gasteiger partial charge in [-0.1, -0.05) is 13.3 Å². The highest BCUT2D eigenvalue weighted by molar-refractivity contribution is 7.91. The molecule has 1 aliphatic carbocycles. The van der Waals surface area contributed by atoms with Crippen molar-refractivity contribution in [2.24, 2.45) is 11.8 Å². The maximum Gasteiger partial charge on any atom is 0.306 e. The topological polar surface area (TPSA) is 91.8 Å². The van der Waals surface area contributed by atoms with E-state index in [2.05, 4.69) is 0 Å². The maximum atomic E-state index is 12.9. The Labute approximate surface area is 138 Å². The van der Waals surface area contributed by atoms with Crippen molar-refractivity contribution in [3.05, 3.63) is 0 Å². The van der Waals surface area contributed by atoms with Gasteiger partial charge in [0.15, 0.2) is 9.84 Å². The minimum atomic E-state index is -3.02. The van der Waals surface area contributed by atoms with Crippen LogP contribution in [0, 0.1) is 11.8 Å². The Hall–Kier alpha value is -1.11. The van der Waals surface area contributed by atoms with Crippen LogP contribution in [-0.4, -0.2) is 54.4 Å². The molecule has 0 bridgehead atoms. The number of sulfone groups is 1. The van der Waals surface area contributed by atoms with Crippen LogP contribution in [0.1, 0.15) is 51.9 Å². The van der Waals surface area contributed by atoms with E-state index in [1.807, 2.05) is 6.92 Å². The van der Waals surface area contributed by atoms with Gasteiger partial charge in [0, 0.05) is 18.5 Å². The number of carboxylic acid groups (broad SMARTS) is 1. The minimum Gasteiger partial charge on any atom is -0.481 e. The standard InChI is InChI=1S/C16H27NO5S/c1-2-3-9-17(14-8-10-23(21,22)11-14)15(18)12-4-6-13(7-5-12)16(19)20/h12-14H,2-11H2,1H3,(H,19,20). The quantitative estimate of drug-likeness (QED) is 0.791. The van der Waals surface area contributed by atoms with Gasteiger partial charge in [-0.05, 0) is 38.5 Å². The van der Waals surface area contributed by atoms with Gasteiger partial charge in [-0.15, -0.1) is 0 Å². The lowest BCUT2D eigenvalue weighted by molar-refractivity contribution is -0.146. The van der Waals surface area contributed by atoms with Gasteiger partial charge in [-0.25, -0.2) is 8.42 Å². The number of rotatable bonds is 6. The molecule has 1 N–H and O–H groups in total. The highest BCUT2D eigenvalue weighted by atomic mass is 32.2. The molecule has 0 aromatic carbocycles. The number of amides is 1. The van der Waals surface area contributed by atoms with E-state index in [1.54, 1.807) is 4.90 Å². The lowest BCUT2D eigenvalue weighted by atomic mass is 9.81. The van der Waals surface area contributed by atoms with Crippen molar-refractivity contribution in [3.63, 3.8) is 0 Å². The predicted octanol–water partition coefficient (Wildman–Crippen LogP) is 1.69. The zero-order chi connectivity index (χ0) is 17.0. The van der Waals surface area contributed by atoms with Crippen LogP contribution in [0.3, 0.4) is 0 Å². The minimum absolute atomic E-state index is 0.0318. The molecule has 2 aliphatic rings. The molecule has 0 radical (unpaired) electrons. The Balaban J connectivity index is 2.01. The maximum absolute atomic E-state index is 12.9. The third kappa shape index (κ3) is 4.68. The van der Waals surface area contributed by atoms with Gasteiger partial charge in [0.1, 0.15) is 0 Å². The molecule has 6 nitrogen and oxygen atoms in total. The lowest BCUT2D eigenvalue weighted by Crippen LogP contribution is -2.45. The van der Waals surface area contributed by atoms with Crippen molar-refractivity contribution in [1.29, 1.82) is 0 Å². The number of aliphatic carboxylic acids is 1. The Bertz CT molecular complexity index is 537. The van der Waals surface area contributed by atoms with Crippen LogP contribution in [0.25, 0.3) is 0 Å². The molecule has 1 atom stereocenters. The van der Waals surface area contributed by atoms with Gasteiger partial charge in [0.25, 0.3) is 0 Å². The summed E-state index contributed by atoms with van der Waals surface area (Å²) in [5.41, 5.74) is 0. The number of carboxylic acids is 1. The van der Waals surface area contributed by atoms with Crippen molar-refractivity contribution in [2.45, 2.75) is 57.9 Å². The van der Waals surface area contributed by atoms with Crippen molar-refractivity contribution >= 4 is 21.7 Å². The molecule has 0 aromatic rings. The molecule has 1 unspecified atom stereocenters. The Kier molecular flexibility index (Phi) is 6.06. The van der Waals surface area contributed by atoms with E-state index in [0.717, 1.165) is 12.8 Å². The monoisotopic (exact) mass is 345 g/mol. The van der Waals surface area contributed by atoms with Crippen molar-refractivity contribution in [3.8, 4) is 0 Å². The zero-order valence-corrected chi connectivity index (χ0v) is 14.6. The molecule has 1 saturated carbocycles. The average molecular weight is 345 g/mol. The number of hydrogen-bond acceptors (Lipinski definition) is 4. The van der Waals surface area contributed by atoms with Crippen molar-refractivity contribution in [1.82, 2.24) is 4.90 Å². The summed E-state index contributed by atoms with van der Waals surface area (Å²) in [6.07, 6.45) is 4.62. The molecule has 132 valence electrons. The van der Waals surface area contributed by atoms with E-state index in [0.29, 0.717) is 38.6 Å². The molecule has 2 rings (SSSR count). The van der Waals surface area contributed by atoms with E-state index in [9.17, 15) is 18.0 Å². The largest absolute Gasteiger partial charge is 0.481 e. The van der Waals surface area contributed by atoms with E-state index in [4.69, 9.17) is 5.11 Å². The van der Waals surface area contributed by atoms with Crippen molar-refractivity contribution < 1.29 is 23.1 Å². The van der Waals surface area contributed by atoms with Crippen LogP contribution >= 0.6 is 0 Å². The second-order valence-electron chi connectivity index (χ2n) is 6.83. The molecule has 2 fully saturated rings. The summed E-state index contributed by atoms with van der Waals surface area (Å²) in [6, 6.07) is -0.198. The third-order valence-electron chi connectivity index (χ3n) is 5.11. The SMILES string of the molecule is CCCCN(C(=O)C1CCC(C(=O)O)CC1)C1CCS(=O)(=O)C1. The lowest BCUT2D eigenvalue weighted by Gasteiger charge is -2.34. The van der Waals surface area contributed by atoms with E-state index in [-0.39, 0.29) is 35.3 Å². The number of nitrogens with zero attached hydrogens (tertiary/aromatic N) is 1. The van der Waals surface area contributed by atoms with E-state index >= 15 is 0 Å². The first-order valence-electron chi connectivity index (χ1n) is 8.57. The smallest absolute Gasteiger partial charge is 0.306 e. The van der Waals surface area contributed by atoms with Crippen LogP contribution in [0.2, 0.25) is 0 Å². The summed E-state index contributed by atoms with van der Waals surface area (Å²) >= 11 is 0. The summed E-state index contributed by atoms with van der Waals surface area (Å²) in [5.74, 6) is -0.988. The molecule has 1 amide bonds.